The molecule has 0 saturated heterocycles. The number of anilines is 2. The number of thiocarbonyl (C=S) groups is 1. The Labute approximate surface area is 127 Å². The van der Waals surface area contributed by atoms with Crippen LogP contribution < -0.4 is 15.8 Å². The molecule has 0 bridgehead atoms. The summed E-state index contributed by atoms with van der Waals surface area (Å²) in [7, 11) is 3.39. The summed E-state index contributed by atoms with van der Waals surface area (Å²) in [4.78, 5) is 0.305. The number of ether oxygens (including phenoxy) is 1. The average Bonchev–Trinajstić information content (AvgIpc) is 2.66. The van der Waals surface area contributed by atoms with Gasteiger partial charge in [-0.3, -0.25) is 4.68 Å². The first-order valence-electron chi connectivity index (χ1n) is 5.88. The number of rotatable bonds is 4. The van der Waals surface area contributed by atoms with Gasteiger partial charge in [-0.1, -0.05) is 23.8 Å². The van der Waals surface area contributed by atoms with E-state index in [1.807, 2.05) is 20.0 Å². The molecular weight excluding hydrogens is 296 g/mol. The van der Waals surface area contributed by atoms with Crippen LogP contribution in [0.25, 0.3) is 0 Å². The van der Waals surface area contributed by atoms with Crippen molar-refractivity contribution in [2.24, 2.45) is 12.8 Å². The zero-order chi connectivity index (χ0) is 14.9. The fourth-order valence-electron chi connectivity index (χ4n) is 1.97. The molecule has 7 heteroatoms. The summed E-state index contributed by atoms with van der Waals surface area (Å²) in [6.45, 7) is 1.86. The number of methoxy groups -OCH3 is 1. The molecule has 1 aromatic carbocycles. The van der Waals surface area contributed by atoms with Gasteiger partial charge in [0.2, 0.25) is 0 Å². The quantitative estimate of drug-likeness (QED) is 0.850. The molecule has 0 spiro atoms. The van der Waals surface area contributed by atoms with Crippen LogP contribution in [-0.2, 0) is 7.05 Å². The van der Waals surface area contributed by atoms with E-state index in [0.717, 1.165) is 22.8 Å². The molecule has 106 valence electrons. The topological polar surface area (TPSA) is 65.1 Å². The smallest absolute Gasteiger partial charge is 0.139 e. The molecule has 0 atom stereocenters. The number of benzene rings is 1. The number of nitrogens with two attached hydrogens (primary N) is 1. The molecule has 0 amide bonds. The maximum absolute atomic E-state index is 6.01. The summed E-state index contributed by atoms with van der Waals surface area (Å²) in [5.74, 6) is 1.33. The number of nitrogens with zero attached hydrogens (tertiary/aromatic N) is 2. The third-order valence-corrected chi connectivity index (χ3v) is 3.40. The van der Waals surface area contributed by atoms with Gasteiger partial charge in [-0.2, -0.15) is 5.10 Å². The van der Waals surface area contributed by atoms with Crippen molar-refractivity contribution in [2.45, 2.75) is 6.92 Å². The van der Waals surface area contributed by atoms with Gasteiger partial charge >= 0.3 is 0 Å². The Morgan fingerprint density at radius 1 is 1.50 bits per heavy atom. The standard InChI is InChI=1S/C13H15ClN4OS/c1-7-11(12(15)20)13(18(2)17-7)16-8-4-5-9(14)10(6-8)19-3/h4-6,16H,1-3H3,(H2,15,20). The summed E-state index contributed by atoms with van der Waals surface area (Å²) in [6, 6.07) is 5.40. The molecular formula is C13H15ClN4OS. The van der Waals surface area contributed by atoms with Crippen molar-refractivity contribution in [1.82, 2.24) is 9.78 Å². The van der Waals surface area contributed by atoms with E-state index >= 15 is 0 Å². The van der Waals surface area contributed by atoms with E-state index in [2.05, 4.69) is 10.4 Å². The Balaban J connectivity index is 2.42. The Kier molecular flexibility index (Phi) is 4.15. The maximum Gasteiger partial charge on any atom is 0.139 e. The number of nitrogens with one attached hydrogen (secondary N) is 1. The van der Waals surface area contributed by atoms with Gasteiger partial charge in [0.25, 0.3) is 0 Å². The highest BCUT2D eigenvalue weighted by Crippen LogP contribution is 2.30. The SMILES string of the molecule is COc1cc(Nc2c(C(N)=S)c(C)nn2C)ccc1Cl. The van der Waals surface area contributed by atoms with Gasteiger partial charge in [-0.15, -0.1) is 0 Å². The molecule has 2 rings (SSSR count). The lowest BCUT2D eigenvalue weighted by atomic mass is 10.2. The second-order valence-electron chi connectivity index (χ2n) is 4.27. The molecule has 20 heavy (non-hydrogen) atoms. The summed E-state index contributed by atoms with van der Waals surface area (Å²) in [5.41, 5.74) is 8.08. The third-order valence-electron chi connectivity index (χ3n) is 2.88. The van der Waals surface area contributed by atoms with E-state index < -0.39 is 0 Å². The van der Waals surface area contributed by atoms with E-state index in [0.29, 0.717) is 15.8 Å². The normalized spacial score (nSPS) is 10.4. The first-order chi connectivity index (χ1) is 9.43. The second-order valence-corrected chi connectivity index (χ2v) is 5.12. The van der Waals surface area contributed by atoms with Gasteiger partial charge in [-0.25, -0.2) is 0 Å². The highest BCUT2D eigenvalue weighted by molar-refractivity contribution is 7.80. The van der Waals surface area contributed by atoms with Gasteiger partial charge < -0.3 is 15.8 Å². The minimum absolute atomic E-state index is 0.305. The summed E-state index contributed by atoms with van der Waals surface area (Å²) >= 11 is 11.1. The number of hydrogen-bond acceptors (Lipinski definition) is 4. The summed E-state index contributed by atoms with van der Waals surface area (Å²) in [6.07, 6.45) is 0. The lowest BCUT2D eigenvalue weighted by Gasteiger charge is -2.11. The molecule has 5 nitrogen and oxygen atoms in total. The first-order valence-corrected chi connectivity index (χ1v) is 6.66. The molecule has 0 saturated carbocycles. The molecule has 0 radical (unpaired) electrons. The largest absolute Gasteiger partial charge is 0.495 e. The third kappa shape index (κ3) is 2.71. The molecule has 3 N–H and O–H groups in total. The zero-order valence-electron chi connectivity index (χ0n) is 11.4. The number of hydrogen-bond donors (Lipinski definition) is 2. The fourth-order valence-corrected chi connectivity index (χ4v) is 2.41. The number of halogens is 1. The predicted molar refractivity (Wildman–Crippen MR) is 85.1 cm³/mol. The van der Waals surface area contributed by atoms with Crippen molar-refractivity contribution < 1.29 is 4.74 Å². The Morgan fingerprint density at radius 2 is 2.20 bits per heavy atom. The molecule has 0 aliphatic rings. The number of aromatic nitrogens is 2. The van der Waals surface area contributed by atoms with E-state index in [-0.39, 0.29) is 0 Å². The minimum atomic E-state index is 0.305. The van der Waals surface area contributed by atoms with Crippen LogP contribution in [0.1, 0.15) is 11.3 Å². The molecule has 0 unspecified atom stereocenters. The molecule has 2 aromatic rings. The maximum atomic E-state index is 6.01. The lowest BCUT2D eigenvalue weighted by molar-refractivity contribution is 0.415. The van der Waals surface area contributed by atoms with Gasteiger partial charge in [0.15, 0.2) is 0 Å². The summed E-state index contributed by atoms with van der Waals surface area (Å²) in [5, 5.41) is 8.11. The molecule has 1 heterocycles. The average molecular weight is 311 g/mol. The van der Waals surface area contributed by atoms with E-state index in [1.165, 1.54) is 0 Å². The van der Waals surface area contributed by atoms with E-state index in [1.54, 1.807) is 23.9 Å². The second kappa shape index (κ2) is 5.68. The van der Waals surface area contributed by atoms with Crippen LogP contribution in [-0.4, -0.2) is 21.9 Å². The van der Waals surface area contributed by atoms with Crippen molar-refractivity contribution in [3.8, 4) is 5.75 Å². The zero-order valence-corrected chi connectivity index (χ0v) is 13.0. The van der Waals surface area contributed by atoms with Crippen LogP contribution in [0.3, 0.4) is 0 Å². The van der Waals surface area contributed by atoms with Crippen molar-refractivity contribution in [1.29, 1.82) is 0 Å². The Hall–Kier alpha value is -1.79. The lowest BCUT2D eigenvalue weighted by Crippen LogP contribution is -2.13. The van der Waals surface area contributed by atoms with Crippen molar-refractivity contribution in [2.75, 3.05) is 12.4 Å². The Morgan fingerprint density at radius 3 is 2.80 bits per heavy atom. The van der Waals surface area contributed by atoms with E-state index in [9.17, 15) is 0 Å². The van der Waals surface area contributed by atoms with Crippen molar-refractivity contribution in [3.63, 3.8) is 0 Å². The predicted octanol–water partition coefficient (Wildman–Crippen LogP) is 2.77. The minimum Gasteiger partial charge on any atom is -0.495 e. The molecule has 1 aromatic heterocycles. The van der Waals surface area contributed by atoms with Gasteiger partial charge in [-0.05, 0) is 19.1 Å². The van der Waals surface area contributed by atoms with E-state index in [4.69, 9.17) is 34.3 Å². The molecule has 0 fully saturated rings. The van der Waals surface area contributed by atoms with Crippen LogP contribution in [0, 0.1) is 6.92 Å². The van der Waals surface area contributed by atoms with Gasteiger partial charge in [0.05, 0.1) is 23.4 Å². The molecule has 0 aliphatic heterocycles. The van der Waals surface area contributed by atoms with Gasteiger partial charge in [0.1, 0.15) is 16.6 Å². The monoisotopic (exact) mass is 310 g/mol. The molecule has 0 aliphatic carbocycles. The Bertz CT molecular complexity index is 669. The van der Waals surface area contributed by atoms with Crippen LogP contribution >= 0.6 is 23.8 Å². The highest BCUT2D eigenvalue weighted by Gasteiger charge is 2.16. The van der Waals surface area contributed by atoms with Crippen LogP contribution in [0.5, 0.6) is 5.75 Å². The van der Waals surface area contributed by atoms with Crippen molar-refractivity contribution in [3.05, 3.63) is 34.5 Å². The highest BCUT2D eigenvalue weighted by atomic mass is 35.5. The van der Waals surface area contributed by atoms with Crippen LogP contribution in [0.4, 0.5) is 11.5 Å². The fraction of sp³-hybridized carbons (Fsp3) is 0.231. The van der Waals surface area contributed by atoms with Crippen molar-refractivity contribution >= 4 is 40.3 Å². The van der Waals surface area contributed by atoms with Crippen LogP contribution in [0.15, 0.2) is 18.2 Å². The van der Waals surface area contributed by atoms with Crippen LogP contribution in [0.2, 0.25) is 5.02 Å². The van der Waals surface area contributed by atoms with Gasteiger partial charge in [0, 0.05) is 18.8 Å². The summed E-state index contributed by atoms with van der Waals surface area (Å²) < 4.78 is 6.89. The number of aryl methyl sites for hydroxylation is 2. The first kappa shape index (κ1) is 14.6.